The SMILES string of the molecule is C=CCCC1CC(CC)C(C=C)C1CC. The van der Waals surface area contributed by atoms with E-state index in [-0.39, 0.29) is 0 Å². The van der Waals surface area contributed by atoms with Crippen molar-refractivity contribution in [2.24, 2.45) is 23.7 Å². The molecule has 4 atom stereocenters. The summed E-state index contributed by atoms with van der Waals surface area (Å²) in [4.78, 5) is 0. The molecule has 86 valence electrons. The molecule has 0 N–H and O–H groups in total. The van der Waals surface area contributed by atoms with Gasteiger partial charge in [-0.05, 0) is 42.9 Å². The molecule has 0 radical (unpaired) electrons. The monoisotopic (exact) mass is 206 g/mol. The number of rotatable bonds is 6. The van der Waals surface area contributed by atoms with Crippen LogP contribution in [0.1, 0.15) is 46.0 Å². The van der Waals surface area contributed by atoms with Crippen LogP contribution in [0.2, 0.25) is 0 Å². The minimum atomic E-state index is 0.773. The lowest BCUT2D eigenvalue weighted by molar-refractivity contribution is 0.312. The predicted molar refractivity (Wildman–Crippen MR) is 68.8 cm³/mol. The van der Waals surface area contributed by atoms with Gasteiger partial charge in [-0.3, -0.25) is 0 Å². The van der Waals surface area contributed by atoms with Crippen LogP contribution in [0.4, 0.5) is 0 Å². The van der Waals surface area contributed by atoms with E-state index in [1.165, 1.54) is 32.1 Å². The van der Waals surface area contributed by atoms with Crippen molar-refractivity contribution < 1.29 is 0 Å². The van der Waals surface area contributed by atoms with Gasteiger partial charge in [-0.15, -0.1) is 13.2 Å². The van der Waals surface area contributed by atoms with E-state index < -0.39 is 0 Å². The third kappa shape index (κ3) is 2.74. The van der Waals surface area contributed by atoms with E-state index in [9.17, 15) is 0 Å². The summed E-state index contributed by atoms with van der Waals surface area (Å²) in [5.41, 5.74) is 0. The fraction of sp³-hybridized carbons (Fsp3) is 0.733. The fourth-order valence-electron chi connectivity index (χ4n) is 3.46. The summed E-state index contributed by atoms with van der Waals surface area (Å²) in [5, 5.41) is 0. The minimum Gasteiger partial charge on any atom is -0.103 e. The Kier molecular flexibility index (Phi) is 5.14. The van der Waals surface area contributed by atoms with Crippen LogP contribution in [0.25, 0.3) is 0 Å². The minimum absolute atomic E-state index is 0.773. The van der Waals surface area contributed by atoms with Crippen molar-refractivity contribution in [3.05, 3.63) is 25.3 Å². The lowest BCUT2D eigenvalue weighted by Crippen LogP contribution is -2.14. The van der Waals surface area contributed by atoms with Crippen LogP contribution in [0, 0.1) is 23.7 Å². The first-order chi connectivity index (χ1) is 7.28. The molecule has 0 spiro atoms. The Morgan fingerprint density at radius 2 is 1.87 bits per heavy atom. The molecular formula is C15H26. The van der Waals surface area contributed by atoms with Gasteiger partial charge >= 0.3 is 0 Å². The maximum absolute atomic E-state index is 4.03. The lowest BCUT2D eigenvalue weighted by Gasteiger charge is -2.22. The average molecular weight is 206 g/mol. The van der Waals surface area contributed by atoms with Crippen molar-refractivity contribution in [2.75, 3.05) is 0 Å². The zero-order valence-electron chi connectivity index (χ0n) is 10.4. The van der Waals surface area contributed by atoms with E-state index in [0.29, 0.717) is 0 Å². The molecule has 0 bridgehead atoms. The molecule has 4 unspecified atom stereocenters. The van der Waals surface area contributed by atoms with Gasteiger partial charge < -0.3 is 0 Å². The normalized spacial score (nSPS) is 35.3. The van der Waals surface area contributed by atoms with Crippen LogP contribution in [0.5, 0.6) is 0 Å². The van der Waals surface area contributed by atoms with Crippen molar-refractivity contribution in [1.29, 1.82) is 0 Å². The van der Waals surface area contributed by atoms with Gasteiger partial charge in [-0.1, -0.05) is 38.8 Å². The van der Waals surface area contributed by atoms with Crippen molar-refractivity contribution in [1.82, 2.24) is 0 Å². The van der Waals surface area contributed by atoms with Gasteiger partial charge in [0.15, 0.2) is 0 Å². The first kappa shape index (κ1) is 12.5. The lowest BCUT2D eigenvalue weighted by atomic mass is 9.83. The zero-order chi connectivity index (χ0) is 11.3. The van der Waals surface area contributed by atoms with Crippen molar-refractivity contribution in [2.45, 2.75) is 46.0 Å². The Morgan fingerprint density at radius 1 is 1.13 bits per heavy atom. The number of allylic oxidation sites excluding steroid dienone is 2. The molecule has 1 saturated carbocycles. The molecule has 1 aliphatic rings. The van der Waals surface area contributed by atoms with Crippen LogP contribution in [0.3, 0.4) is 0 Å². The molecule has 1 aliphatic carbocycles. The molecule has 1 rings (SSSR count). The van der Waals surface area contributed by atoms with Crippen molar-refractivity contribution in [3.63, 3.8) is 0 Å². The maximum atomic E-state index is 4.03. The molecule has 0 nitrogen and oxygen atoms in total. The maximum Gasteiger partial charge on any atom is -0.0177 e. The molecule has 0 heterocycles. The summed E-state index contributed by atoms with van der Waals surface area (Å²) >= 11 is 0. The predicted octanol–water partition coefficient (Wildman–Crippen LogP) is 4.83. The summed E-state index contributed by atoms with van der Waals surface area (Å²) in [6.07, 6.45) is 10.8. The van der Waals surface area contributed by atoms with Gasteiger partial charge in [-0.25, -0.2) is 0 Å². The molecule has 0 aliphatic heterocycles. The van der Waals surface area contributed by atoms with Crippen molar-refractivity contribution >= 4 is 0 Å². The first-order valence-electron chi connectivity index (χ1n) is 6.51. The van der Waals surface area contributed by atoms with Crippen molar-refractivity contribution in [3.8, 4) is 0 Å². The second kappa shape index (κ2) is 6.15. The van der Waals surface area contributed by atoms with Gasteiger partial charge in [0.25, 0.3) is 0 Å². The molecule has 0 heteroatoms. The average Bonchev–Trinajstić information content (AvgIpc) is 2.62. The van der Waals surface area contributed by atoms with Crippen LogP contribution >= 0.6 is 0 Å². The molecule has 15 heavy (non-hydrogen) atoms. The highest BCUT2D eigenvalue weighted by Crippen LogP contribution is 2.47. The summed E-state index contributed by atoms with van der Waals surface area (Å²) < 4.78 is 0. The Labute approximate surface area is 95.5 Å². The van der Waals surface area contributed by atoms with Gasteiger partial charge in [0.05, 0.1) is 0 Å². The van der Waals surface area contributed by atoms with Crippen LogP contribution in [-0.4, -0.2) is 0 Å². The van der Waals surface area contributed by atoms with Gasteiger partial charge in [0.2, 0.25) is 0 Å². The Balaban J connectivity index is 2.64. The van der Waals surface area contributed by atoms with Gasteiger partial charge in [-0.2, -0.15) is 0 Å². The highest BCUT2D eigenvalue weighted by molar-refractivity contribution is 4.98. The first-order valence-corrected chi connectivity index (χ1v) is 6.51. The van der Waals surface area contributed by atoms with Crippen LogP contribution < -0.4 is 0 Å². The van der Waals surface area contributed by atoms with E-state index in [1.54, 1.807) is 0 Å². The van der Waals surface area contributed by atoms with Crippen LogP contribution in [0.15, 0.2) is 25.3 Å². The molecule has 1 fully saturated rings. The fourth-order valence-corrected chi connectivity index (χ4v) is 3.46. The largest absolute Gasteiger partial charge is 0.103 e. The molecule has 0 aromatic heterocycles. The van der Waals surface area contributed by atoms with Crippen LogP contribution in [-0.2, 0) is 0 Å². The summed E-state index contributed by atoms with van der Waals surface area (Å²) in [6, 6.07) is 0. The summed E-state index contributed by atoms with van der Waals surface area (Å²) in [7, 11) is 0. The van der Waals surface area contributed by atoms with E-state index in [4.69, 9.17) is 0 Å². The van der Waals surface area contributed by atoms with Gasteiger partial charge in [0, 0.05) is 0 Å². The van der Waals surface area contributed by atoms with E-state index in [0.717, 1.165) is 23.7 Å². The smallest absolute Gasteiger partial charge is 0.0177 e. The summed E-state index contributed by atoms with van der Waals surface area (Å²) in [6.45, 7) is 12.5. The standard InChI is InChI=1S/C15H26/c1-5-9-10-13-11-12(6-2)14(7-3)15(13)8-4/h5,7,12-15H,1,3,6,8-11H2,2,4H3. The quantitative estimate of drug-likeness (QED) is 0.546. The molecule has 0 aromatic rings. The Hall–Kier alpha value is -0.520. The number of hydrogen-bond donors (Lipinski definition) is 0. The second-order valence-corrected chi connectivity index (χ2v) is 4.92. The zero-order valence-corrected chi connectivity index (χ0v) is 10.4. The highest BCUT2D eigenvalue weighted by Gasteiger charge is 2.38. The summed E-state index contributed by atoms with van der Waals surface area (Å²) in [5.74, 6) is 3.46. The third-order valence-corrected chi connectivity index (χ3v) is 4.26. The topological polar surface area (TPSA) is 0 Å². The highest BCUT2D eigenvalue weighted by atomic mass is 14.4. The second-order valence-electron chi connectivity index (χ2n) is 4.92. The Bertz CT molecular complexity index is 204. The molecular weight excluding hydrogens is 180 g/mol. The molecule has 0 saturated heterocycles. The Morgan fingerprint density at radius 3 is 2.33 bits per heavy atom. The number of hydrogen-bond acceptors (Lipinski definition) is 0. The van der Waals surface area contributed by atoms with E-state index in [2.05, 4.69) is 39.2 Å². The van der Waals surface area contributed by atoms with E-state index >= 15 is 0 Å². The molecule has 0 amide bonds. The third-order valence-electron chi connectivity index (χ3n) is 4.26. The van der Waals surface area contributed by atoms with Gasteiger partial charge in [0.1, 0.15) is 0 Å². The molecule has 0 aromatic carbocycles. The van der Waals surface area contributed by atoms with E-state index in [1.807, 2.05) is 0 Å².